The highest BCUT2D eigenvalue weighted by atomic mass is 16.6. The summed E-state index contributed by atoms with van der Waals surface area (Å²) in [5.41, 5.74) is -3.05. The van der Waals surface area contributed by atoms with Crippen LogP contribution in [0.4, 0.5) is 0 Å². The fourth-order valence-corrected chi connectivity index (χ4v) is 1.68. The molecule has 0 aromatic carbocycles. The Morgan fingerprint density at radius 2 is 1.56 bits per heavy atom. The van der Waals surface area contributed by atoms with Crippen LogP contribution >= 0.6 is 0 Å². The summed E-state index contributed by atoms with van der Waals surface area (Å²) in [6.45, 7) is -2.08. The molecule has 0 radical (unpaired) electrons. The summed E-state index contributed by atoms with van der Waals surface area (Å²) in [6, 6.07) is 0. The molecule has 8 heteroatoms. The van der Waals surface area contributed by atoms with Crippen molar-refractivity contribution in [3.63, 3.8) is 0 Å². The zero-order valence-electron chi connectivity index (χ0n) is 11.3. The molecule has 0 bridgehead atoms. The Labute approximate surface area is 105 Å². The van der Waals surface area contributed by atoms with Crippen molar-refractivity contribution in [1.29, 1.82) is 0 Å². The second-order valence-corrected chi connectivity index (χ2v) is 4.03. The summed E-state index contributed by atoms with van der Waals surface area (Å²) < 4.78 is 18.5. The molecule has 1 heterocycles. The molecule has 1 aliphatic heterocycles. The predicted octanol–water partition coefficient (Wildman–Crippen LogP) is -3.30. The Hall–Kier alpha value is -0.900. The molecular formula is C10H16O8. The molecule has 8 nitrogen and oxygen atoms in total. The highest BCUT2D eigenvalue weighted by Gasteiger charge is 2.56. The van der Waals surface area contributed by atoms with Gasteiger partial charge in [0, 0.05) is 2.74 Å². The minimum atomic E-state index is -3.05. The molecule has 0 aromatic heterocycles. The third-order valence-electron chi connectivity index (χ3n) is 2.85. The lowest BCUT2D eigenvalue weighted by molar-refractivity contribution is -0.303. The number of hydrogen-bond acceptors (Lipinski definition) is 8. The lowest BCUT2D eigenvalue weighted by Crippen LogP contribution is -2.68. The van der Waals surface area contributed by atoms with Crippen molar-refractivity contribution in [1.82, 2.24) is 0 Å². The number of rotatable bonds is 3. The van der Waals surface area contributed by atoms with E-state index in [9.17, 15) is 35.1 Å². The summed E-state index contributed by atoms with van der Waals surface area (Å²) >= 11 is 0. The first-order valence-corrected chi connectivity index (χ1v) is 4.97. The fraction of sp³-hybridized carbons (Fsp3) is 0.800. The molecule has 1 unspecified atom stereocenters. The Morgan fingerprint density at radius 1 is 1.06 bits per heavy atom. The monoisotopic (exact) mass is 266 g/mol. The van der Waals surface area contributed by atoms with Crippen molar-refractivity contribution in [3.05, 3.63) is 0 Å². The normalized spacial score (nSPS) is 38.8. The van der Waals surface area contributed by atoms with Crippen molar-refractivity contribution in [2.45, 2.75) is 50.1 Å². The van der Waals surface area contributed by atoms with E-state index in [-0.39, 0.29) is 0 Å². The van der Waals surface area contributed by atoms with E-state index in [2.05, 4.69) is 4.74 Å². The number of aliphatic hydroxyl groups excluding tert-OH is 4. The first-order chi connectivity index (χ1) is 9.21. The van der Waals surface area contributed by atoms with E-state index in [1.165, 1.54) is 0 Å². The standard InChI is InChI=1S/C10H16O8/c1-3(11)10(17,4(2)12)8-6(14)5(13)7(15)9(16)18-8/h5-9,13-17H,1-2H3/t5-,6-,7-,8-,9?/m0/s1/i1D,2D. The van der Waals surface area contributed by atoms with Crippen LogP contribution in [0.1, 0.15) is 16.5 Å². The number of hydrogen-bond donors (Lipinski definition) is 5. The third kappa shape index (κ3) is 2.18. The largest absolute Gasteiger partial charge is 0.387 e. The Bertz CT molecular complexity index is 373. The van der Waals surface area contributed by atoms with Gasteiger partial charge in [-0.15, -0.1) is 0 Å². The summed E-state index contributed by atoms with van der Waals surface area (Å²) in [4.78, 5) is 23.2. The fourth-order valence-electron chi connectivity index (χ4n) is 1.68. The topological polar surface area (TPSA) is 145 Å². The Morgan fingerprint density at radius 3 is 2.00 bits per heavy atom. The van der Waals surface area contributed by atoms with Gasteiger partial charge in [-0.2, -0.15) is 0 Å². The van der Waals surface area contributed by atoms with Crippen LogP contribution in [0.2, 0.25) is 0 Å². The van der Waals surface area contributed by atoms with Crippen LogP contribution in [0.5, 0.6) is 0 Å². The zero-order valence-corrected chi connectivity index (χ0v) is 9.26. The van der Waals surface area contributed by atoms with Gasteiger partial charge in [0.15, 0.2) is 17.9 Å². The van der Waals surface area contributed by atoms with Gasteiger partial charge in [-0.1, -0.05) is 0 Å². The van der Waals surface area contributed by atoms with E-state index in [1.807, 2.05) is 0 Å². The number of carbonyl (C=O) groups excluding carboxylic acids is 2. The van der Waals surface area contributed by atoms with Crippen LogP contribution in [0.25, 0.3) is 0 Å². The van der Waals surface area contributed by atoms with E-state index in [0.29, 0.717) is 0 Å². The van der Waals surface area contributed by atoms with Gasteiger partial charge in [-0.25, -0.2) is 0 Å². The van der Waals surface area contributed by atoms with E-state index in [0.717, 1.165) is 0 Å². The van der Waals surface area contributed by atoms with E-state index >= 15 is 0 Å². The average Bonchev–Trinajstić information content (AvgIpc) is 2.45. The molecule has 0 spiro atoms. The number of Topliss-reactive ketones (excluding diaryl/α,β-unsaturated/α-hetero) is 2. The summed E-state index contributed by atoms with van der Waals surface area (Å²) in [5, 5.41) is 48.0. The quantitative estimate of drug-likeness (QED) is 0.334. The Balaban J connectivity index is 3.20. The smallest absolute Gasteiger partial charge is 0.209 e. The number of carbonyl (C=O) groups is 2. The first-order valence-electron chi connectivity index (χ1n) is 6.38. The lowest BCUT2D eigenvalue weighted by Gasteiger charge is -2.43. The molecular weight excluding hydrogens is 248 g/mol. The summed E-state index contributed by atoms with van der Waals surface area (Å²) in [7, 11) is 0. The van der Waals surface area contributed by atoms with Crippen molar-refractivity contribution < 1.29 is 42.6 Å². The SMILES string of the molecule is [2H]CC(=O)C(O)(C(=O)C[2H])[C@H]1OC(O)[C@@H](O)[C@@H](O)[C@@H]1O. The third-order valence-corrected chi connectivity index (χ3v) is 2.85. The molecule has 5 atom stereocenters. The molecule has 1 rings (SSSR count). The van der Waals surface area contributed by atoms with Crippen molar-refractivity contribution in [3.8, 4) is 0 Å². The van der Waals surface area contributed by atoms with Gasteiger partial charge in [0.1, 0.15) is 24.4 Å². The molecule has 0 aromatic rings. The number of ether oxygens (including phenoxy) is 1. The minimum absolute atomic E-state index is 1.04. The summed E-state index contributed by atoms with van der Waals surface area (Å²) in [5.74, 6) is -2.70. The minimum Gasteiger partial charge on any atom is -0.387 e. The lowest BCUT2D eigenvalue weighted by atomic mass is 9.81. The van der Waals surface area contributed by atoms with Crippen molar-refractivity contribution in [2.75, 3.05) is 0 Å². The van der Waals surface area contributed by atoms with Crippen LogP contribution in [-0.2, 0) is 14.3 Å². The molecule has 104 valence electrons. The molecule has 1 saturated heterocycles. The molecule has 18 heavy (non-hydrogen) atoms. The molecule has 1 aliphatic rings. The van der Waals surface area contributed by atoms with Crippen LogP contribution in [0, 0.1) is 0 Å². The second kappa shape index (κ2) is 5.00. The van der Waals surface area contributed by atoms with Gasteiger partial charge in [-0.05, 0) is 13.8 Å². The molecule has 0 aliphatic carbocycles. The predicted molar refractivity (Wildman–Crippen MR) is 55.2 cm³/mol. The molecule has 5 N–H and O–H groups in total. The number of ketones is 2. The molecule has 0 saturated carbocycles. The van der Waals surface area contributed by atoms with E-state index in [1.54, 1.807) is 0 Å². The zero-order chi connectivity index (χ0) is 15.7. The molecule has 0 amide bonds. The van der Waals surface area contributed by atoms with Crippen LogP contribution in [0.3, 0.4) is 0 Å². The Kier molecular flexibility index (Phi) is 3.37. The second-order valence-electron chi connectivity index (χ2n) is 4.03. The van der Waals surface area contributed by atoms with Crippen LogP contribution in [0.15, 0.2) is 0 Å². The summed E-state index contributed by atoms with van der Waals surface area (Å²) in [6.07, 6.45) is -10.1. The maximum Gasteiger partial charge on any atom is 0.209 e. The van der Waals surface area contributed by atoms with Gasteiger partial charge in [0.25, 0.3) is 0 Å². The number of aliphatic hydroxyl groups is 5. The van der Waals surface area contributed by atoms with Gasteiger partial charge < -0.3 is 30.3 Å². The van der Waals surface area contributed by atoms with Gasteiger partial charge in [-0.3, -0.25) is 9.59 Å². The average molecular weight is 266 g/mol. The van der Waals surface area contributed by atoms with Crippen molar-refractivity contribution >= 4 is 11.6 Å². The van der Waals surface area contributed by atoms with Crippen molar-refractivity contribution in [2.24, 2.45) is 0 Å². The highest BCUT2D eigenvalue weighted by Crippen LogP contribution is 2.29. The van der Waals surface area contributed by atoms with Crippen LogP contribution in [-0.4, -0.2) is 73.4 Å². The van der Waals surface area contributed by atoms with E-state index in [4.69, 9.17) is 2.74 Å². The van der Waals surface area contributed by atoms with Gasteiger partial charge in [0.05, 0.1) is 0 Å². The maximum atomic E-state index is 11.6. The highest BCUT2D eigenvalue weighted by molar-refractivity contribution is 6.09. The van der Waals surface area contributed by atoms with Crippen LogP contribution < -0.4 is 0 Å². The maximum absolute atomic E-state index is 11.6. The molecule has 1 fully saturated rings. The van der Waals surface area contributed by atoms with Gasteiger partial charge in [0.2, 0.25) is 5.60 Å². The van der Waals surface area contributed by atoms with Gasteiger partial charge >= 0.3 is 0 Å². The first kappa shape index (κ1) is 12.2. The van der Waals surface area contributed by atoms with E-state index < -0.39 is 61.7 Å².